The molecule has 0 radical (unpaired) electrons. The average molecular weight is 411 g/mol. The van der Waals surface area contributed by atoms with Gasteiger partial charge in [0.1, 0.15) is 0 Å². The minimum atomic E-state index is -0.130. The highest BCUT2D eigenvalue weighted by molar-refractivity contribution is 7.99. The summed E-state index contributed by atoms with van der Waals surface area (Å²) < 4.78 is 16.3. The number of carbonyl (C=O) groups is 1. The molecule has 150 valence electrons. The molecule has 1 amide bonds. The first-order chi connectivity index (χ1) is 14.1. The third kappa shape index (κ3) is 4.54. The van der Waals surface area contributed by atoms with Gasteiger partial charge in [0.2, 0.25) is 18.6 Å². The fraction of sp³-hybridized carbons (Fsp3) is 0.286. The largest absolute Gasteiger partial charge is 0.454 e. The molecule has 4 rings (SSSR count). The third-order valence-corrected chi connectivity index (χ3v) is 5.55. The SMILES string of the molecule is CCC(C)c1ccc(NC(=O)CSc2nnc(-c3ccc4c(c3)OCO4)o2)cc1. The Labute approximate surface area is 172 Å². The number of ether oxygens (including phenoxy) is 2. The molecule has 1 aromatic heterocycles. The highest BCUT2D eigenvalue weighted by Gasteiger charge is 2.17. The van der Waals surface area contributed by atoms with Gasteiger partial charge in [-0.1, -0.05) is 37.7 Å². The Morgan fingerprint density at radius 2 is 1.93 bits per heavy atom. The van der Waals surface area contributed by atoms with Gasteiger partial charge >= 0.3 is 0 Å². The lowest BCUT2D eigenvalue weighted by Gasteiger charge is -2.10. The molecule has 2 aromatic carbocycles. The molecule has 3 aromatic rings. The molecule has 29 heavy (non-hydrogen) atoms. The van der Waals surface area contributed by atoms with Crippen molar-refractivity contribution < 1.29 is 18.7 Å². The van der Waals surface area contributed by atoms with Crippen molar-refractivity contribution in [1.29, 1.82) is 0 Å². The van der Waals surface area contributed by atoms with Gasteiger partial charge in [-0.15, -0.1) is 10.2 Å². The van der Waals surface area contributed by atoms with Gasteiger partial charge in [0, 0.05) is 11.3 Å². The van der Waals surface area contributed by atoms with Crippen molar-refractivity contribution in [2.24, 2.45) is 0 Å². The van der Waals surface area contributed by atoms with E-state index in [4.69, 9.17) is 13.9 Å². The van der Waals surface area contributed by atoms with Gasteiger partial charge in [0.05, 0.1) is 5.75 Å². The highest BCUT2D eigenvalue weighted by atomic mass is 32.2. The first kappa shape index (κ1) is 19.3. The molecule has 0 fully saturated rings. The van der Waals surface area contributed by atoms with Gasteiger partial charge in [-0.2, -0.15) is 0 Å². The van der Waals surface area contributed by atoms with E-state index >= 15 is 0 Å². The number of rotatable bonds is 7. The van der Waals surface area contributed by atoms with Gasteiger partial charge in [-0.3, -0.25) is 4.79 Å². The molecule has 1 unspecified atom stereocenters. The van der Waals surface area contributed by atoms with Crippen molar-refractivity contribution in [3.05, 3.63) is 48.0 Å². The molecular weight excluding hydrogens is 390 g/mol. The summed E-state index contributed by atoms with van der Waals surface area (Å²) in [7, 11) is 0. The minimum absolute atomic E-state index is 0.130. The number of carbonyl (C=O) groups excluding carboxylic acids is 1. The topological polar surface area (TPSA) is 86.5 Å². The maximum Gasteiger partial charge on any atom is 0.277 e. The molecule has 7 nitrogen and oxygen atoms in total. The Morgan fingerprint density at radius 1 is 1.14 bits per heavy atom. The van der Waals surface area contributed by atoms with Gasteiger partial charge in [0.25, 0.3) is 5.22 Å². The van der Waals surface area contributed by atoms with Crippen LogP contribution in [0.1, 0.15) is 31.7 Å². The maximum atomic E-state index is 12.2. The van der Waals surface area contributed by atoms with Crippen molar-refractivity contribution in [2.75, 3.05) is 17.9 Å². The zero-order valence-electron chi connectivity index (χ0n) is 16.2. The Balaban J connectivity index is 1.32. The van der Waals surface area contributed by atoms with Crippen LogP contribution in [0.15, 0.2) is 52.1 Å². The molecule has 0 bridgehead atoms. The molecule has 2 heterocycles. The fourth-order valence-electron chi connectivity index (χ4n) is 2.87. The number of aromatic nitrogens is 2. The second-order valence-electron chi connectivity index (χ2n) is 6.71. The van der Waals surface area contributed by atoms with E-state index in [1.165, 1.54) is 17.3 Å². The molecular formula is C21H21N3O4S. The molecule has 0 saturated heterocycles. The summed E-state index contributed by atoms with van der Waals surface area (Å²) in [5.74, 6) is 2.26. The summed E-state index contributed by atoms with van der Waals surface area (Å²) in [6.07, 6.45) is 1.08. The quantitative estimate of drug-likeness (QED) is 0.563. The lowest BCUT2D eigenvalue weighted by atomic mass is 9.99. The van der Waals surface area contributed by atoms with E-state index in [-0.39, 0.29) is 18.5 Å². The van der Waals surface area contributed by atoms with Gasteiger partial charge < -0.3 is 19.2 Å². The maximum absolute atomic E-state index is 12.2. The fourth-order valence-corrected chi connectivity index (χ4v) is 3.43. The van der Waals surface area contributed by atoms with Crippen LogP contribution >= 0.6 is 11.8 Å². The van der Waals surface area contributed by atoms with Crippen LogP contribution in [0.2, 0.25) is 0 Å². The van der Waals surface area contributed by atoms with Crippen LogP contribution in [-0.4, -0.2) is 28.7 Å². The Hall–Kier alpha value is -3.00. The Morgan fingerprint density at radius 3 is 2.72 bits per heavy atom. The first-order valence-corrected chi connectivity index (χ1v) is 10.4. The van der Waals surface area contributed by atoms with Crippen molar-refractivity contribution in [2.45, 2.75) is 31.4 Å². The number of hydrogen-bond donors (Lipinski definition) is 1. The number of nitrogens with zero attached hydrogens (tertiary/aromatic N) is 2. The molecule has 0 saturated carbocycles. The highest BCUT2D eigenvalue weighted by Crippen LogP contribution is 2.36. The van der Waals surface area contributed by atoms with Crippen molar-refractivity contribution in [1.82, 2.24) is 10.2 Å². The predicted octanol–water partition coefficient (Wildman–Crippen LogP) is 4.71. The summed E-state index contributed by atoms with van der Waals surface area (Å²) in [5, 5.41) is 11.3. The number of hydrogen-bond acceptors (Lipinski definition) is 7. The minimum Gasteiger partial charge on any atom is -0.454 e. The van der Waals surface area contributed by atoms with Gasteiger partial charge in [-0.05, 0) is 48.2 Å². The van der Waals surface area contributed by atoms with Crippen LogP contribution in [0.25, 0.3) is 11.5 Å². The summed E-state index contributed by atoms with van der Waals surface area (Å²) in [6.45, 7) is 4.55. The van der Waals surface area contributed by atoms with Crippen LogP contribution in [0.4, 0.5) is 5.69 Å². The first-order valence-electron chi connectivity index (χ1n) is 9.38. The molecule has 1 N–H and O–H groups in total. The Kier molecular flexibility index (Phi) is 5.71. The standard InChI is InChI=1S/C21H21N3O4S/c1-3-13(2)14-4-7-16(8-5-14)22-19(25)11-29-21-24-23-20(28-21)15-6-9-17-18(10-15)27-12-26-17/h4-10,13H,3,11-12H2,1-2H3,(H,22,25). The number of fused-ring (bicyclic) bond motifs is 1. The monoisotopic (exact) mass is 411 g/mol. The van der Waals surface area contributed by atoms with E-state index in [2.05, 4.69) is 29.4 Å². The van der Waals surface area contributed by atoms with E-state index in [1.807, 2.05) is 30.3 Å². The molecule has 8 heteroatoms. The third-order valence-electron chi connectivity index (χ3n) is 4.73. The van der Waals surface area contributed by atoms with E-state index in [9.17, 15) is 4.79 Å². The molecule has 1 aliphatic rings. The van der Waals surface area contributed by atoms with Crippen LogP contribution in [0.5, 0.6) is 11.5 Å². The number of amides is 1. The van der Waals surface area contributed by atoms with Crippen LogP contribution in [-0.2, 0) is 4.79 Å². The van der Waals surface area contributed by atoms with E-state index in [1.54, 1.807) is 12.1 Å². The lowest BCUT2D eigenvalue weighted by Crippen LogP contribution is -2.14. The smallest absolute Gasteiger partial charge is 0.277 e. The van der Waals surface area contributed by atoms with Crippen molar-refractivity contribution in [3.63, 3.8) is 0 Å². The van der Waals surface area contributed by atoms with E-state index in [0.717, 1.165) is 17.7 Å². The second kappa shape index (κ2) is 8.57. The summed E-state index contributed by atoms with van der Waals surface area (Å²) in [6, 6.07) is 13.4. The van der Waals surface area contributed by atoms with E-state index in [0.29, 0.717) is 28.5 Å². The summed E-state index contributed by atoms with van der Waals surface area (Å²) >= 11 is 1.19. The van der Waals surface area contributed by atoms with Crippen molar-refractivity contribution in [3.8, 4) is 23.0 Å². The zero-order chi connectivity index (χ0) is 20.2. The molecule has 0 aliphatic carbocycles. The van der Waals surface area contributed by atoms with E-state index < -0.39 is 0 Å². The number of anilines is 1. The van der Waals surface area contributed by atoms with Crippen LogP contribution in [0.3, 0.4) is 0 Å². The average Bonchev–Trinajstić information content (AvgIpc) is 3.41. The molecule has 1 atom stereocenters. The predicted molar refractivity (Wildman–Crippen MR) is 110 cm³/mol. The van der Waals surface area contributed by atoms with Crippen LogP contribution in [0, 0.1) is 0 Å². The molecule has 1 aliphatic heterocycles. The zero-order valence-corrected chi connectivity index (χ0v) is 17.0. The Bertz CT molecular complexity index is 1000. The summed E-state index contributed by atoms with van der Waals surface area (Å²) in [5.41, 5.74) is 2.77. The molecule has 0 spiro atoms. The number of nitrogens with one attached hydrogen (secondary N) is 1. The summed E-state index contributed by atoms with van der Waals surface area (Å²) in [4.78, 5) is 12.2. The van der Waals surface area contributed by atoms with Crippen molar-refractivity contribution >= 4 is 23.4 Å². The van der Waals surface area contributed by atoms with Crippen LogP contribution < -0.4 is 14.8 Å². The van der Waals surface area contributed by atoms with Gasteiger partial charge in [-0.25, -0.2) is 0 Å². The normalized spacial score (nSPS) is 13.3. The second-order valence-corrected chi connectivity index (χ2v) is 7.64. The lowest BCUT2D eigenvalue weighted by molar-refractivity contribution is -0.113. The number of thioether (sulfide) groups is 1. The van der Waals surface area contributed by atoms with Gasteiger partial charge in [0.15, 0.2) is 11.5 Å². The number of benzene rings is 2.